The summed E-state index contributed by atoms with van der Waals surface area (Å²) in [6.45, 7) is -0.480. The molecule has 0 saturated heterocycles. The Hall–Kier alpha value is -1.50. The highest BCUT2D eigenvalue weighted by molar-refractivity contribution is 7.54. The van der Waals surface area contributed by atoms with Crippen molar-refractivity contribution in [3.63, 3.8) is 0 Å². The predicted octanol–water partition coefficient (Wildman–Crippen LogP) is 4.69. The van der Waals surface area contributed by atoms with Gasteiger partial charge in [-0.15, -0.1) is 0 Å². The van der Waals surface area contributed by atoms with E-state index in [0.717, 1.165) is 0 Å². The molecule has 1 atom stereocenters. The van der Waals surface area contributed by atoms with Crippen molar-refractivity contribution in [3.8, 4) is 5.75 Å². The summed E-state index contributed by atoms with van der Waals surface area (Å²) in [5, 5.41) is 0.668. The van der Waals surface area contributed by atoms with Gasteiger partial charge in [0, 0.05) is 19.2 Å². The van der Waals surface area contributed by atoms with Crippen molar-refractivity contribution in [1.29, 1.82) is 0 Å². The summed E-state index contributed by atoms with van der Waals surface area (Å²) in [7, 11) is -1.42. The molecule has 1 aromatic carbocycles. The molecule has 0 aliphatic rings. The quantitative estimate of drug-likeness (QED) is 0.462. The van der Waals surface area contributed by atoms with Crippen LogP contribution >= 0.6 is 30.8 Å². The lowest BCUT2D eigenvalue weighted by Gasteiger charge is -2.22. The molecule has 2 aromatic rings. The number of rotatable bonds is 8. The Morgan fingerprint density at radius 2 is 1.96 bits per heavy atom. The molecule has 7 nitrogen and oxygen atoms in total. The molecule has 1 heterocycles. The van der Waals surface area contributed by atoms with Gasteiger partial charge in [-0.1, -0.05) is 23.2 Å². The largest absolute Gasteiger partial charge is 0.480 e. The number of esters is 1. The lowest BCUT2D eigenvalue weighted by Crippen LogP contribution is -2.19. The average molecular weight is 409 g/mol. The minimum Gasteiger partial charge on any atom is -0.480 e. The molecule has 10 heteroatoms. The Labute approximate surface area is 154 Å². The Balaban J connectivity index is 2.08. The highest BCUT2D eigenvalue weighted by Crippen LogP contribution is 2.60. The number of carbonyl (C=O) groups excluding carboxylic acids is 1. The van der Waals surface area contributed by atoms with Crippen LogP contribution in [0.25, 0.3) is 0 Å². The second kappa shape index (κ2) is 8.74. The lowest BCUT2D eigenvalue weighted by molar-refractivity contribution is -0.149. The summed E-state index contributed by atoms with van der Waals surface area (Å²) in [5.74, 6) is -1.82. The first kappa shape index (κ1) is 19.8. The number of hydrogen-bond donors (Lipinski definition) is 0. The van der Waals surface area contributed by atoms with Crippen LogP contribution in [0.1, 0.15) is 11.6 Å². The van der Waals surface area contributed by atoms with E-state index in [-0.39, 0.29) is 16.5 Å². The molecule has 0 bridgehead atoms. The second-order valence-corrected chi connectivity index (χ2v) is 7.75. The highest BCUT2D eigenvalue weighted by atomic mass is 35.5. The second-order valence-electron chi connectivity index (χ2n) is 4.63. The summed E-state index contributed by atoms with van der Waals surface area (Å²) in [6.07, 6.45) is 1.34. The van der Waals surface area contributed by atoms with E-state index in [2.05, 4.69) is 0 Å². The minimum absolute atomic E-state index is 0.116. The lowest BCUT2D eigenvalue weighted by atomic mass is 10.3. The van der Waals surface area contributed by atoms with E-state index in [4.69, 9.17) is 46.1 Å². The summed E-state index contributed by atoms with van der Waals surface area (Å²) in [6, 6.07) is 7.58. The van der Waals surface area contributed by atoms with Crippen molar-refractivity contribution >= 4 is 36.8 Å². The van der Waals surface area contributed by atoms with Gasteiger partial charge >= 0.3 is 13.6 Å². The topological polar surface area (TPSA) is 84.2 Å². The number of carbonyl (C=O) groups is 1. The van der Waals surface area contributed by atoms with E-state index in [9.17, 15) is 9.36 Å². The SMILES string of the molecule is COP(=O)(OC)[C@@H](OC(=O)COc1ccc(Cl)cc1Cl)c1ccco1. The highest BCUT2D eigenvalue weighted by Gasteiger charge is 2.41. The van der Waals surface area contributed by atoms with Crippen molar-refractivity contribution < 1.29 is 32.3 Å². The number of benzene rings is 1. The molecule has 0 fully saturated rings. The molecule has 0 N–H and O–H groups in total. The van der Waals surface area contributed by atoms with E-state index in [1.54, 1.807) is 12.1 Å². The van der Waals surface area contributed by atoms with Gasteiger partial charge in [0.25, 0.3) is 5.85 Å². The summed E-state index contributed by atoms with van der Waals surface area (Å²) in [5.41, 5.74) is 0. The zero-order valence-electron chi connectivity index (χ0n) is 13.3. The smallest absolute Gasteiger partial charge is 0.378 e. The van der Waals surface area contributed by atoms with Crippen LogP contribution in [0.5, 0.6) is 5.75 Å². The van der Waals surface area contributed by atoms with Crippen LogP contribution in [-0.2, 0) is 23.1 Å². The number of ether oxygens (including phenoxy) is 2. The van der Waals surface area contributed by atoms with Crippen LogP contribution in [0.15, 0.2) is 41.0 Å². The van der Waals surface area contributed by atoms with E-state index < -0.39 is 26.0 Å². The van der Waals surface area contributed by atoms with Gasteiger partial charge in [-0.3, -0.25) is 4.57 Å². The Bertz CT molecular complexity index is 755. The first-order valence-electron chi connectivity index (χ1n) is 6.91. The molecule has 0 unspecified atom stereocenters. The van der Waals surface area contributed by atoms with E-state index in [0.29, 0.717) is 5.02 Å². The van der Waals surface area contributed by atoms with Gasteiger partial charge in [0.2, 0.25) is 0 Å². The third-order valence-electron chi connectivity index (χ3n) is 3.07. The van der Waals surface area contributed by atoms with Crippen molar-refractivity contribution in [2.24, 2.45) is 0 Å². The molecule has 25 heavy (non-hydrogen) atoms. The van der Waals surface area contributed by atoms with Crippen LogP contribution in [0.4, 0.5) is 0 Å². The molecule has 0 radical (unpaired) electrons. The van der Waals surface area contributed by atoms with Crippen molar-refractivity contribution in [1.82, 2.24) is 0 Å². The number of hydrogen-bond acceptors (Lipinski definition) is 7. The van der Waals surface area contributed by atoms with Crippen molar-refractivity contribution in [2.75, 3.05) is 20.8 Å². The van der Waals surface area contributed by atoms with Gasteiger partial charge in [0.15, 0.2) is 12.4 Å². The monoisotopic (exact) mass is 408 g/mol. The van der Waals surface area contributed by atoms with Crippen molar-refractivity contribution in [3.05, 3.63) is 52.4 Å². The third kappa shape index (κ3) is 5.00. The number of halogens is 2. The molecule has 2 rings (SSSR count). The zero-order chi connectivity index (χ0) is 18.4. The van der Waals surface area contributed by atoms with E-state index in [1.165, 1.54) is 38.7 Å². The van der Waals surface area contributed by atoms with Gasteiger partial charge in [-0.2, -0.15) is 0 Å². The third-order valence-corrected chi connectivity index (χ3v) is 5.55. The van der Waals surface area contributed by atoms with Crippen LogP contribution < -0.4 is 4.74 Å². The fourth-order valence-electron chi connectivity index (χ4n) is 1.86. The van der Waals surface area contributed by atoms with Gasteiger partial charge in [-0.25, -0.2) is 4.79 Å². The minimum atomic E-state index is -3.78. The Morgan fingerprint density at radius 1 is 1.24 bits per heavy atom. The van der Waals surface area contributed by atoms with Gasteiger partial charge < -0.3 is 22.9 Å². The maximum atomic E-state index is 12.6. The van der Waals surface area contributed by atoms with Crippen molar-refractivity contribution in [2.45, 2.75) is 5.85 Å². The van der Waals surface area contributed by atoms with Crippen LogP contribution in [0.3, 0.4) is 0 Å². The standard InChI is InChI=1S/C15H15Cl2O7P/c1-20-25(19,21-2)15(13-4-3-7-22-13)24-14(18)9-23-12-6-5-10(16)8-11(12)17/h3-8,15H,9H2,1-2H3/t15-/m1/s1. The summed E-state index contributed by atoms with van der Waals surface area (Å²) >= 11 is 11.7. The average Bonchev–Trinajstić information content (AvgIpc) is 3.12. The van der Waals surface area contributed by atoms with Crippen LogP contribution in [0.2, 0.25) is 10.0 Å². The predicted molar refractivity (Wildman–Crippen MR) is 91.1 cm³/mol. The molecule has 136 valence electrons. The van der Waals surface area contributed by atoms with E-state index in [1.807, 2.05) is 0 Å². The normalized spacial score (nSPS) is 12.6. The molecule has 0 aliphatic heterocycles. The first-order chi connectivity index (χ1) is 11.9. The molecule has 0 aliphatic carbocycles. The first-order valence-corrected chi connectivity index (χ1v) is 9.28. The fraction of sp³-hybridized carbons (Fsp3) is 0.267. The summed E-state index contributed by atoms with van der Waals surface area (Å²) < 4.78 is 38.0. The molecular weight excluding hydrogens is 394 g/mol. The van der Waals surface area contributed by atoms with Gasteiger partial charge in [-0.05, 0) is 30.3 Å². The molecule has 0 amide bonds. The zero-order valence-corrected chi connectivity index (χ0v) is 15.7. The molecule has 0 spiro atoms. The fourth-order valence-corrected chi connectivity index (χ4v) is 3.56. The molecule has 1 aromatic heterocycles. The summed E-state index contributed by atoms with van der Waals surface area (Å²) in [4.78, 5) is 12.1. The van der Waals surface area contributed by atoms with Gasteiger partial charge in [0.1, 0.15) is 5.75 Å². The molecule has 0 saturated carbocycles. The molecular formula is C15H15Cl2O7P. The van der Waals surface area contributed by atoms with Gasteiger partial charge in [0.05, 0.1) is 11.3 Å². The van der Waals surface area contributed by atoms with Crippen LogP contribution in [0, 0.1) is 0 Å². The Morgan fingerprint density at radius 3 is 2.52 bits per heavy atom. The maximum Gasteiger partial charge on any atom is 0.378 e. The maximum absolute atomic E-state index is 12.6. The van der Waals surface area contributed by atoms with Crippen LogP contribution in [-0.4, -0.2) is 26.8 Å². The van der Waals surface area contributed by atoms with E-state index >= 15 is 0 Å². The number of furan rings is 1. The Kier molecular flexibility index (Phi) is 6.93.